The fourth-order valence-corrected chi connectivity index (χ4v) is 4.22. The number of methoxy groups -OCH3 is 1. The van der Waals surface area contributed by atoms with Gasteiger partial charge in [-0.3, -0.25) is 14.5 Å². The number of hydrogen-bond donors (Lipinski definition) is 2. The van der Waals surface area contributed by atoms with E-state index in [0.29, 0.717) is 51.3 Å². The molecule has 2 aromatic rings. The standard InChI is InChI=1S/C23H30N4O5S/c1-32-20-8-5-18(6-9-20)7-10-23(29)27-15-13-26(14-16-27)12-11-22(28)25-19-3-2-4-21(17-19)33(24,30)31/h2-6,8-9,17H,7,10-16H2,1H3,(H,25,28)(H2,24,30,31). The Morgan fingerprint density at radius 2 is 1.73 bits per heavy atom. The molecule has 33 heavy (non-hydrogen) atoms. The lowest BCUT2D eigenvalue weighted by atomic mass is 10.1. The molecular formula is C23H30N4O5S. The Kier molecular flexibility index (Phi) is 8.43. The van der Waals surface area contributed by atoms with Gasteiger partial charge in [0.25, 0.3) is 0 Å². The highest BCUT2D eigenvalue weighted by Crippen LogP contribution is 2.15. The minimum atomic E-state index is -3.82. The van der Waals surface area contributed by atoms with Crippen molar-refractivity contribution in [3.8, 4) is 5.75 Å². The van der Waals surface area contributed by atoms with Crippen LogP contribution < -0.4 is 15.2 Å². The number of primary sulfonamides is 1. The van der Waals surface area contributed by atoms with Gasteiger partial charge in [0.2, 0.25) is 21.8 Å². The van der Waals surface area contributed by atoms with Crippen molar-refractivity contribution in [1.29, 1.82) is 0 Å². The number of nitrogens with two attached hydrogens (primary N) is 1. The molecule has 0 unspecified atom stereocenters. The Hall–Kier alpha value is -2.95. The summed E-state index contributed by atoms with van der Waals surface area (Å²) in [6.45, 7) is 3.26. The van der Waals surface area contributed by atoms with Crippen molar-refractivity contribution in [3.63, 3.8) is 0 Å². The minimum Gasteiger partial charge on any atom is -0.497 e. The minimum absolute atomic E-state index is 0.0481. The van der Waals surface area contributed by atoms with E-state index in [1.165, 1.54) is 18.2 Å². The van der Waals surface area contributed by atoms with Crippen LogP contribution in [0.25, 0.3) is 0 Å². The normalized spacial score (nSPS) is 14.7. The van der Waals surface area contributed by atoms with Crippen LogP contribution in [0.3, 0.4) is 0 Å². The number of nitrogens with zero attached hydrogens (tertiary/aromatic N) is 2. The zero-order chi connectivity index (χ0) is 23.8. The molecule has 0 aliphatic carbocycles. The fraction of sp³-hybridized carbons (Fsp3) is 0.391. The summed E-state index contributed by atoms with van der Waals surface area (Å²) in [6.07, 6.45) is 1.42. The third-order valence-electron chi connectivity index (χ3n) is 5.61. The molecule has 0 atom stereocenters. The molecule has 0 aromatic heterocycles. The molecule has 2 amide bonds. The lowest BCUT2D eigenvalue weighted by Gasteiger charge is -2.34. The van der Waals surface area contributed by atoms with Crippen LogP contribution in [0.4, 0.5) is 5.69 Å². The maximum absolute atomic E-state index is 12.5. The third kappa shape index (κ3) is 7.55. The zero-order valence-electron chi connectivity index (χ0n) is 18.7. The molecule has 3 N–H and O–H groups in total. The highest BCUT2D eigenvalue weighted by atomic mass is 32.2. The van der Waals surface area contributed by atoms with Crippen LogP contribution in [0, 0.1) is 0 Å². The summed E-state index contributed by atoms with van der Waals surface area (Å²) in [4.78, 5) is 28.8. The number of amides is 2. The predicted octanol–water partition coefficient (Wildman–Crippen LogP) is 1.45. The summed E-state index contributed by atoms with van der Waals surface area (Å²) in [5.41, 5.74) is 1.49. The smallest absolute Gasteiger partial charge is 0.238 e. The van der Waals surface area contributed by atoms with Gasteiger partial charge in [0.15, 0.2) is 0 Å². The molecule has 1 aliphatic heterocycles. The summed E-state index contributed by atoms with van der Waals surface area (Å²) >= 11 is 0. The molecule has 1 aliphatic rings. The molecule has 3 rings (SSSR count). The molecule has 2 aromatic carbocycles. The van der Waals surface area contributed by atoms with E-state index >= 15 is 0 Å². The number of carbonyl (C=O) groups is 2. The number of benzene rings is 2. The summed E-state index contributed by atoms with van der Waals surface area (Å²) in [5.74, 6) is 0.726. The first-order valence-electron chi connectivity index (χ1n) is 10.8. The number of aryl methyl sites for hydroxylation is 1. The number of hydrogen-bond acceptors (Lipinski definition) is 6. The van der Waals surface area contributed by atoms with Crippen LogP contribution >= 0.6 is 0 Å². The maximum Gasteiger partial charge on any atom is 0.238 e. The van der Waals surface area contributed by atoms with Crippen molar-refractivity contribution < 1.29 is 22.7 Å². The molecule has 1 heterocycles. The topological polar surface area (TPSA) is 122 Å². The van der Waals surface area contributed by atoms with Crippen molar-refractivity contribution in [2.45, 2.75) is 24.2 Å². The molecule has 1 saturated heterocycles. The summed E-state index contributed by atoms with van der Waals surface area (Å²) in [6, 6.07) is 13.6. The van der Waals surface area contributed by atoms with E-state index < -0.39 is 10.0 Å². The van der Waals surface area contributed by atoms with Crippen LogP contribution in [-0.2, 0) is 26.0 Å². The van der Waals surface area contributed by atoms with Gasteiger partial charge in [0, 0.05) is 51.3 Å². The molecule has 0 spiro atoms. The molecule has 1 fully saturated rings. The van der Waals surface area contributed by atoms with Crippen LogP contribution in [0.5, 0.6) is 5.75 Å². The molecule has 10 heteroatoms. The third-order valence-corrected chi connectivity index (χ3v) is 6.52. The highest BCUT2D eigenvalue weighted by Gasteiger charge is 2.21. The summed E-state index contributed by atoms with van der Waals surface area (Å²) in [5, 5.41) is 7.83. The van der Waals surface area contributed by atoms with Gasteiger partial charge in [-0.1, -0.05) is 18.2 Å². The van der Waals surface area contributed by atoms with Gasteiger partial charge < -0.3 is 15.0 Å². The first kappa shape index (κ1) is 24.7. The van der Waals surface area contributed by atoms with Gasteiger partial charge in [-0.05, 0) is 42.3 Å². The number of ether oxygens (including phenoxy) is 1. The van der Waals surface area contributed by atoms with E-state index in [9.17, 15) is 18.0 Å². The Balaban J connectivity index is 1.37. The number of rotatable bonds is 9. The van der Waals surface area contributed by atoms with Crippen LogP contribution in [0.2, 0.25) is 0 Å². The van der Waals surface area contributed by atoms with E-state index in [4.69, 9.17) is 9.88 Å². The average Bonchev–Trinajstić information content (AvgIpc) is 2.81. The monoisotopic (exact) mass is 474 g/mol. The largest absolute Gasteiger partial charge is 0.497 e. The van der Waals surface area contributed by atoms with Gasteiger partial charge in [-0.2, -0.15) is 0 Å². The average molecular weight is 475 g/mol. The number of anilines is 1. The van der Waals surface area contributed by atoms with Gasteiger partial charge in [0.1, 0.15) is 5.75 Å². The van der Waals surface area contributed by atoms with Crippen LogP contribution in [0.15, 0.2) is 53.4 Å². The van der Waals surface area contributed by atoms with Gasteiger partial charge in [-0.25, -0.2) is 13.6 Å². The zero-order valence-corrected chi connectivity index (χ0v) is 19.5. The van der Waals surface area contributed by atoms with Crippen molar-refractivity contribution in [2.75, 3.05) is 45.2 Å². The predicted molar refractivity (Wildman–Crippen MR) is 125 cm³/mol. The highest BCUT2D eigenvalue weighted by molar-refractivity contribution is 7.89. The first-order chi connectivity index (χ1) is 15.7. The Bertz CT molecular complexity index is 1060. The van der Waals surface area contributed by atoms with E-state index in [-0.39, 0.29) is 23.1 Å². The first-order valence-corrected chi connectivity index (χ1v) is 12.3. The van der Waals surface area contributed by atoms with Crippen LogP contribution in [0.1, 0.15) is 18.4 Å². The Labute approximate surface area is 194 Å². The van der Waals surface area contributed by atoms with Crippen molar-refractivity contribution in [2.24, 2.45) is 5.14 Å². The molecule has 0 radical (unpaired) electrons. The van der Waals surface area contributed by atoms with E-state index in [2.05, 4.69) is 10.2 Å². The van der Waals surface area contributed by atoms with E-state index in [1.54, 1.807) is 13.2 Å². The number of sulfonamides is 1. The fourth-order valence-electron chi connectivity index (χ4n) is 3.66. The van der Waals surface area contributed by atoms with E-state index in [1.807, 2.05) is 29.2 Å². The summed E-state index contributed by atoms with van der Waals surface area (Å²) in [7, 11) is -2.20. The van der Waals surface area contributed by atoms with Crippen molar-refractivity contribution >= 4 is 27.5 Å². The van der Waals surface area contributed by atoms with Gasteiger partial charge in [-0.15, -0.1) is 0 Å². The molecule has 178 valence electrons. The quantitative estimate of drug-likeness (QED) is 0.567. The summed E-state index contributed by atoms with van der Waals surface area (Å²) < 4.78 is 28.0. The molecule has 0 saturated carbocycles. The molecule has 0 bridgehead atoms. The van der Waals surface area contributed by atoms with Crippen molar-refractivity contribution in [1.82, 2.24) is 9.80 Å². The van der Waals surface area contributed by atoms with E-state index in [0.717, 1.165) is 11.3 Å². The lowest BCUT2D eigenvalue weighted by molar-refractivity contribution is -0.133. The second-order valence-corrected chi connectivity index (χ2v) is 9.50. The Morgan fingerprint density at radius 1 is 1.03 bits per heavy atom. The second kappa shape index (κ2) is 11.3. The maximum atomic E-state index is 12.5. The number of carbonyl (C=O) groups excluding carboxylic acids is 2. The van der Waals surface area contributed by atoms with Gasteiger partial charge in [0.05, 0.1) is 12.0 Å². The Morgan fingerprint density at radius 3 is 2.36 bits per heavy atom. The van der Waals surface area contributed by atoms with Crippen molar-refractivity contribution in [3.05, 3.63) is 54.1 Å². The SMILES string of the molecule is COc1ccc(CCC(=O)N2CCN(CCC(=O)Nc3cccc(S(N)(=O)=O)c3)CC2)cc1. The second-order valence-electron chi connectivity index (χ2n) is 7.94. The van der Waals surface area contributed by atoms with Gasteiger partial charge >= 0.3 is 0 Å². The molecular weight excluding hydrogens is 444 g/mol. The lowest BCUT2D eigenvalue weighted by Crippen LogP contribution is -2.49. The number of nitrogens with one attached hydrogen (secondary N) is 1. The molecule has 9 nitrogen and oxygen atoms in total. The van der Waals surface area contributed by atoms with Crippen LogP contribution in [-0.4, -0.2) is 69.9 Å². The number of piperazine rings is 1.